The number of nitrogens with two attached hydrogens (primary N) is 1. The second-order valence-corrected chi connectivity index (χ2v) is 3.24. The lowest BCUT2D eigenvalue weighted by molar-refractivity contribution is 0.256. The van der Waals surface area contributed by atoms with Crippen LogP contribution in [0.15, 0.2) is 0 Å². The zero-order chi connectivity index (χ0) is 9.56. The SMILES string of the molecule is CCN(CC)CC(NC)C(C)N. The van der Waals surface area contributed by atoms with Crippen LogP contribution >= 0.6 is 0 Å². The molecule has 0 amide bonds. The third-order valence-electron chi connectivity index (χ3n) is 2.35. The second-order valence-electron chi connectivity index (χ2n) is 3.24. The van der Waals surface area contributed by atoms with E-state index in [0.717, 1.165) is 19.6 Å². The molecule has 0 saturated carbocycles. The summed E-state index contributed by atoms with van der Waals surface area (Å²) in [5, 5.41) is 3.23. The van der Waals surface area contributed by atoms with Crippen molar-refractivity contribution in [3.8, 4) is 0 Å². The first kappa shape index (κ1) is 11.9. The van der Waals surface area contributed by atoms with E-state index in [0.29, 0.717) is 6.04 Å². The summed E-state index contributed by atoms with van der Waals surface area (Å²) in [6.07, 6.45) is 0. The topological polar surface area (TPSA) is 41.3 Å². The van der Waals surface area contributed by atoms with Crippen molar-refractivity contribution in [1.29, 1.82) is 0 Å². The third kappa shape index (κ3) is 4.04. The molecule has 0 fully saturated rings. The van der Waals surface area contributed by atoms with Crippen molar-refractivity contribution >= 4 is 0 Å². The normalized spacial score (nSPS) is 16.5. The first-order valence-electron chi connectivity index (χ1n) is 4.80. The lowest BCUT2D eigenvalue weighted by atomic mass is 10.1. The molecule has 0 heterocycles. The summed E-state index contributed by atoms with van der Waals surface area (Å²) < 4.78 is 0. The van der Waals surface area contributed by atoms with Crippen molar-refractivity contribution in [2.24, 2.45) is 5.73 Å². The van der Waals surface area contributed by atoms with Gasteiger partial charge in [0.1, 0.15) is 0 Å². The molecule has 0 aliphatic rings. The van der Waals surface area contributed by atoms with Gasteiger partial charge >= 0.3 is 0 Å². The Bertz CT molecular complexity index is 99.9. The molecule has 0 aromatic carbocycles. The molecule has 0 spiro atoms. The van der Waals surface area contributed by atoms with Crippen LogP contribution in [0, 0.1) is 0 Å². The smallest absolute Gasteiger partial charge is 0.0341 e. The van der Waals surface area contributed by atoms with E-state index < -0.39 is 0 Å². The van der Waals surface area contributed by atoms with Crippen LogP contribution in [0.25, 0.3) is 0 Å². The van der Waals surface area contributed by atoms with Crippen LogP contribution in [0.3, 0.4) is 0 Å². The van der Waals surface area contributed by atoms with Crippen molar-refractivity contribution in [1.82, 2.24) is 10.2 Å². The maximum atomic E-state index is 5.82. The summed E-state index contributed by atoms with van der Waals surface area (Å²) in [5.41, 5.74) is 5.82. The molecular weight excluding hydrogens is 150 g/mol. The van der Waals surface area contributed by atoms with E-state index in [9.17, 15) is 0 Å². The average molecular weight is 173 g/mol. The molecule has 3 N–H and O–H groups in total. The Morgan fingerprint density at radius 3 is 2.08 bits per heavy atom. The fraction of sp³-hybridized carbons (Fsp3) is 1.00. The molecule has 0 aliphatic carbocycles. The van der Waals surface area contributed by atoms with Crippen LogP contribution in [0.2, 0.25) is 0 Å². The molecule has 0 aliphatic heterocycles. The summed E-state index contributed by atoms with van der Waals surface area (Å²) in [5.74, 6) is 0. The Kier molecular flexibility index (Phi) is 6.34. The predicted octanol–water partition coefficient (Wildman–Crippen LogP) is 0.263. The number of hydrogen-bond donors (Lipinski definition) is 2. The van der Waals surface area contributed by atoms with Crippen LogP contribution in [0.5, 0.6) is 0 Å². The molecule has 74 valence electrons. The summed E-state index contributed by atoms with van der Waals surface area (Å²) in [6.45, 7) is 9.64. The van der Waals surface area contributed by atoms with Gasteiger partial charge in [-0.25, -0.2) is 0 Å². The molecule has 3 nitrogen and oxygen atoms in total. The van der Waals surface area contributed by atoms with E-state index in [1.807, 2.05) is 14.0 Å². The fourth-order valence-electron chi connectivity index (χ4n) is 1.28. The van der Waals surface area contributed by atoms with E-state index in [1.165, 1.54) is 0 Å². The number of hydrogen-bond acceptors (Lipinski definition) is 3. The van der Waals surface area contributed by atoms with E-state index in [4.69, 9.17) is 5.73 Å². The molecule has 0 saturated heterocycles. The molecule has 2 atom stereocenters. The molecule has 0 radical (unpaired) electrons. The van der Waals surface area contributed by atoms with Crippen molar-refractivity contribution in [3.05, 3.63) is 0 Å². The van der Waals surface area contributed by atoms with Crippen molar-refractivity contribution in [3.63, 3.8) is 0 Å². The van der Waals surface area contributed by atoms with E-state index in [-0.39, 0.29) is 6.04 Å². The van der Waals surface area contributed by atoms with Gasteiger partial charge in [0.25, 0.3) is 0 Å². The van der Waals surface area contributed by atoms with Gasteiger partial charge in [-0.05, 0) is 27.1 Å². The van der Waals surface area contributed by atoms with Crippen LogP contribution in [0.4, 0.5) is 0 Å². The Morgan fingerprint density at radius 2 is 1.83 bits per heavy atom. The largest absolute Gasteiger partial charge is 0.326 e. The molecule has 0 bridgehead atoms. The molecule has 3 heteroatoms. The minimum Gasteiger partial charge on any atom is -0.326 e. The van der Waals surface area contributed by atoms with Gasteiger partial charge in [-0.1, -0.05) is 13.8 Å². The molecular formula is C9H23N3. The molecule has 0 rings (SSSR count). The maximum Gasteiger partial charge on any atom is 0.0341 e. The highest BCUT2D eigenvalue weighted by atomic mass is 15.1. The summed E-state index contributed by atoms with van der Waals surface area (Å²) in [4.78, 5) is 2.38. The average Bonchev–Trinajstić information content (AvgIpc) is 2.06. The zero-order valence-electron chi connectivity index (χ0n) is 8.80. The van der Waals surface area contributed by atoms with Crippen LogP contribution < -0.4 is 11.1 Å². The van der Waals surface area contributed by atoms with Crippen molar-refractivity contribution < 1.29 is 0 Å². The second kappa shape index (κ2) is 6.40. The molecule has 0 aromatic rings. The Hall–Kier alpha value is -0.120. The van der Waals surface area contributed by atoms with Crippen LogP contribution in [-0.2, 0) is 0 Å². The third-order valence-corrected chi connectivity index (χ3v) is 2.35. The van der Waals surface area contributed by atoms with E-state index in [1.54, 1.807) is 0 Å². The Morgan fingerprint density at radius 1 is 1.33 bits per heavy atom. The predicted molar refractivity (Wildman–Crippen MR) is 54.3 cm³/mol. The highest BCUT2D eigenvalue weighted by Crippen LogP contribution is 1.94. The fourth-order valence-corrected chi connectivity index (χ4v) is 1.28. The van der Waals surface area contributed by atoms with E-state index in [2.05, 4.69) is 24.1 Å². The first-order chi connectivity index (χ1) is 5.65. The van der Waals surface area contributed by atoms with Gasteiger partial charge in [-0.3, -0.25) is 0 Å². The Labute approximate surface area is 76.3 Å². The molecule has 12 heavy (non-hydrogen) atoms. The number of rotatable bonds is 6. The molecule has 0 aromatic heterocycles. The minimum atomic E-state index is 0.218. The zero-order valence-corrected chi connectivity index (χ0v) is 8.80. The number of likely N-dealkylation sites (N-methyl/N-ethyl adjacent to an activating group) is 2. The summed E-state index contributed by atoms with van der Waals surface area (Å²) >= 11 is 0. The van der Waals surface area contributed by atoms with Crippen molar-refractivity contribution in [2.75, 3.05) is 26.7 Å². The quantitative estimate of drug-likeness (QED) is 0.605. The van der Waals surface area contributed by atoms with Gasteiger partial charge in [-0.15, -0.1) is 0 Å². The lowest BCUT2D eigenvalue weighted by Gasteiger charge is -2.27. The van der Waals surface area contributed by atoms with E-state index >= 15 is 0 Å². The van der Waals surface area contributed by atoms with Crippen LogP contribution in [-0.4, -0.2) is 43.7 Å². The maximum absolute atomic E-state index is 5.82. The summed E-state index contributed by atoms with van der Waals surface area (Å²) in [7, 11) is 1.97. The first-order valence-corrected chi connectivity index (χ1v) is 4.80. The van der Waals surface area contributed by atoms with Gasteiger partial charge in [0.15, 0.2) is 0 Å². The van der Waals surface area contributed by atoms with Gasteiger partial charge in [-0.2, -0.15) is 0 Å². The summed E-state index contributed by atoms with van der Waals surface area (Å²) in [6, 6.07) is 0.625. The monoisotopic (exact) mass is 173 g/mol. The minimum absolute atomic E-state index is 0.218. The van der Waals surface area contributed by atoms with Gasteiger partial charge < -0.3 is 16.0 Å². The Balaban J connectivity index is 3.82. The standard InChI is InChI=1S/C9H23N3/c1-5-12(6-2)7-9(11-4)8(3)10/h8-9,11H,5-7,10H2,1-4H3. The number of nitrogens with one attached hydrogen (secondary N) is 1. The number of nitrogens with zero attached hydrogens (tertiary/aromatic N) is 1. The van der Waals surface area contributed by atoms with Crippen LogP contribution in [0.1, 0.15) is 20.8 Å². The molecule has 2 unspecified atom stereocenters. The lowest BCUT2D eigenvalue weighted by Crippen LogP contribution is -2.49. The van der Waals surface area contributed by atoms with Gasteiger partial charge in [0, 0.05) is 18.6 Å². The van der Waals surface area contributed by atoms with Crippen molar-refractivity contribution in [2.45, 2.75) is 32.9 Å². The van der Waals surface area contributed by atoms with Gasteiger partial charge in [0.2, 0.25) is 0 Å². The highest BCUT2D eigenvalue weighted by molar-refractivity contribution is 4.77. The van der Waals surface area contributed by atoms with Gasteiger partial charge in [0.05, 0.1) is 0 Å². The highest BCUT2D eigenvalue weighted by Gasteiger charge is 2.13.